The van der Waals surface area contributed by atoms with Crippen molar-refractivity contribution in [3.63, 3.8) is 0 Å². The van der Waals surface area contributed by atoms with Gasteiger partial charge in [-0.25, -0.2) is 0 Å². The predicted octanol–water partition coefficient (Wildman–Crippen LogP) is -0.866. The summed E-state index contributed by atoms with van der Waals surface area (Å²) in [5.74, 6) is -1.03. The fourth-order valence-electron chi connectivity index (χ4n) is 1.51. The van der Waals surface area contributed by atoms with Gasteiger partial charge in [0.25, 0.3) is 11.8 Å². The Balaban J connectivity index is 2.39. The minimum absolute atomic E-state index is 0.0662. The van der Waals surface area contributed by atoms with Crippen LogP contribution in [0.5, 0.6) is 0 Å². The van der Waals surface area contributed by atoms with Crippen LogP contribution < -0.4 is 0 Å². The molecule has 98 valence electrons. The molecule has 0 radical (unpaired) electrons. The Labute approximate surface area is 105 Å². The quantitative estimate of drug-likeness (QED) is 0.594. The van der Waals surface area contributed by atoms with E-state index in [0.29, 0.717) is 6.54 Å². The Morgan fingerprint density at radius 2 is 2.06 bits per heavy atom. The maximum atomic E-state index is 11.6. The fourth-order valence-corrected chi connectivity index (χ4v) is 1.51. The number of carbonyl (C=O) groups is 3. The van der Waals surface area contributed by atoms with E-state index in [0.717, 1.165) is 4.90 Å². The van der Waals surface area contributed by atoms with E-state index in [4.69, 9.17) is 10.00 Å². The summed E-state index contributed by atoms with van der Waals surface area (Å²) in [6.45, 7) is 0.172. The van der Waals surface area contributed by atoms with Crippen LogP contribution in [0.3, 0.4) is 0 Å². The molecule has 1 heterocycles. The molecular weight excluding hydrogens is 238 g/mol. The lowest BCUT2D eigenvalue weighted by atomic mass is 10.3. The molecule has 0 N–H and O–H groups in total. The zero-order chi connectivity index (χ0) is 13.5. The first-order valence-electron chi connectivity index (χ1n) is 5.58. The van der Waals surface area contributed by atoms with Gasteiger partial charge in [-0.2, -0.15) is 5.26 Å². The summed E-state index contributed by atoms with van der Waals surface area (Å²) in [4.78, 5) is 36.8. The normalized spacial score (nSPS) is 15.4. The molecule has 0 aromatic rings. The molecule has 0 bridgehead atoms. The van der Waals surface area contributed by atoms with Gasteiger partial charge in [0.15, 0.2) is 0 Å². The van der Waals surface area contributed by atoms with E-state index in [9.17, 15) is 14.4 Å². The molecule has 0 unspecified atom stereocenters. The standard InChI is InChI=1S/C11H15N3O4/c1-13(5-2-4-12)9(15)3-6-14-10(16)7-18-8-11(14)17/h2-3,5-8H2,1H3. The van der Waals surface area contributed by atoms with E-state index in [2.05, 4.69) is 0 Å². The van der Waals surface area contributed by atoms with Crippen LogP contribution in [-0.4, -0.2) is 60.9 Å². The summed E-state index contributed by atoms with van der Waals surface area (Å²) in [5.41, 5.74) is 0. The predicted molar refractivity (Wildman–Crippen MR) is 60.0 cm³/mol. The molecule has 0 saturated carbocycles. The number of nitrogens with zero attached hydrogens (tertiary/aromatic N) is 3. The number of amides is 3. The van der Waals surface area contributed by atoms with Crippen LogP contribution >= 0.6 is 0 Å². The zero-order valence-electron chi connectivity index (χ0n) is 10.2. The molecule has 1 fully saturated rings. The van der Waals surface area contributed by atoms with Crippen molar-refractivity contribution in [2.45, 2.75) is 12.8 Å². The molecule has 0 aromatic carbocycles. The van der Waals surface area contributed by atoms with Gasteiger partial charge in [0.2, 0.25) is 5.91 Å². The average molecular weight is 253 g/mol. The van der Waals surface area contributed by atoms with Crippen molar-refractivity contribution in [2.24, 2.45) is 0 Å². The topological polar surface area (TPSA) is 90.7 Å². The SMILES string of the molecule is CN(CCC#N)C(=O)CCN1C(=O)COCC1=O. The monoisotopic (exact) mass is 253 g/mol. The number of hydrogen-bond acceptors (Lipinski definition) is 5. The highest BCUT2D eigenvalue weighted by atomic mass is 16.5. The van der Waals surface area contributed by atoms with Crippen molar-refractivity contribution in [2.75, 3.05) is 33.4 Å². The number of imide groups is 1. The highest BCUT2D eigenvalue weighted by Gasteiger charge is 2.27. The van der Waals surface area contributed by atoms with Gasteiger partial charge in [0, 0.05) is 26.6 Å². The first-order valence-corrected chi connectivity index (χ1v) is 5.58. The molecule has 0 aromatic heterocycles. The molecule has 3 amide bonds. The van der Waals surface area contributed by atoms with Crippen LogP contribution in [0.25, 0.3) is 0 Å². The smallest absolute Gasteiger partial charge is 0.255 e. The summed E-state index contributed by atoms with van der Waals surface area (Å²) >= 11 is 0. The lowest BCUT2D eigenvalue weighted by molar-refractivity contribution is -0.158. The molecule has 0 spiro atoms. The molecule has 1 aliphatic heterocycles. The number of nitriles is 1. The minimum Gasteiger partial charge on any atom is -0.362 e. The lowest BCUT2D eigenvalue weighted by Crippen LogP contribution is -2.47. The third-order valence-electron chi connectivity index (χ3n) is 2.59. The molecule has 18 heavy (non-hydrogen) atoms. The maximum absolute atomic E-state index is 11.6. The van der Waals surface area contributed by atoms with E-state index in [1.165, 1.54) is 4.90 Å². The van der Waals surface area contributed by atoms with Crippen LogP contribution in [0.15, 0.2) is 0 Å². The van der Waals surface area contributed by atoms with Crippen LogP contribution in [0.1, 0.15) is 12.8 Å². The molecule has 0 aliphatic carbocycles. The van der Waals surface area contributed by atoms with E-state index < -0.39 is 11.8 Å². The molecule has 0 atom stereocenters. The third kappa shape index (κ3) is 3.82. The summed E-state index contributed by atoms with van der Waals surface area (Å²) in [7, 11) is 1.59. The van der Waals surface area contributed by atoms with Crippen molar-refractivity contribution < 1.29 is 19.1 Å². The second kappa shape index (κ2) is 6.71. The van der Waals surface area contributed by atoms with E-state index in [1.807, 2.05) is 6.07 Å². The van der Waals surface area contributed by atoms with Gasteiger partial charge in [0.05, 0.1) is 12.5 Å². The largest absolute Gasteiger partial charge is 0.362 e. The van der Waals surface area contributed by atoms with E-state index in [1.54, 1.807) is 7.05 Å². The molecule has 7 heteroatoms. The van der Waals surface area contributed by atoms with Crippen molar-refractivity contribution in [1.29, 1.82) is 5.26 Å². The van der Waals surface area contributed by atoms with Gasteiger partial charge < -0.3 is 9.64 Å². The average Bonchev–Trinajstić information content (AvgIpc) is 2.35. The van der Waals surface area contributed by atoms with Gasteiger partial charge in [-0.05, 0) is 0 Å². The Hall–Kier alpha value is -1.94. The van der Waals surface area contributed by atoms with Crippen molar-refractivity contribution in [3.05, 3.63) is 0 Å². The summed E-state index contributed by atoms with van der Waals surface area (Å²) in [6, 6.07) is 1.94. The maximum Gasteiger partial charge on any atom is 0.255 e. The summed E-state index contributed by atoms with van der Waals surface area (Å²) < 4.78 is 4.76. The highest BCUT2D eigenvalue weighted by molar-refractivity contribution is 5.98. The third-order valence-corrected chi connectivity index (χ3v) is 2.59. The molecule has 1 aliphatic rings. The van der Waals surface area contributed by atoms with E-state index in [-0.39, 0.29) is 38.5 Å². The lowest BCUT2D eigenvalue weighted by Gasteiger charge is -2.25. The van der Waals surface area contributed by atoms with Crippen LogP contribution in [0.4, 0.5) is 0 Å². The highest BCUT2D eigenvalue weighted by Crippen LogP contribution is 2.03. The number of ether oxygens (including phenoxy) is 1. The Morgan fingerprint density at radius 1 is 1.44 bits per heavy atom. The first-order chi connectivity index (χ1) is 8.56. The first kappa shape index (κ1) is 14.1. The second-order valence-electron chi connectivity index (χ2n) is 3.91. The number of hydrogen-bond donors (Lipinski definition) is 0. The van der Waals surface area contributed by atoms with Crippen LogP contribution in [-0.2, 0) is 19.1 Å². The number of morpholine rings is 1. The zero-order valence-corrected chi connectivity index (χ0v) is 10.2. The summed E-state index contributed by atoms with van der Waals surface area (Å²) in [5, 5.41) is 8.40. The van der Waals surface area contributed by atoms with Crippen molar-refractivity contribution in [1.82, 2.24) is 9.80 Å². The molecular formula is C11H15N3O4. The molecule has 1 saturated heterocycles. The van der Waals surface area contributed by atoms with Gasteiger partial charge in [-0.15, -0.1) is 0 Å². The summed E-state index contributed by atoms with van der Waals surface area (Å²) in [6.07, 6.45) is 0.330. The molecule has 7 nitrogen and oxygen atoms in total. The Morgan fingerprint density at radius 3 is 2.61 bits per heavy atom. The fraction of sp³-hybridized carbons (Fsp3) is 0.636. The number of rotatable bonds is 5. The van der Waals surface area contributed by atoms with Gasteiger partial charge in [0.1, 0.15) is 13.2 Å². The van der Waals surface area contributed by atoms with Crippen molar-refractivity contribution >= 4 is 17.7 Å². The van der Waals surface area contributed by atoms with Gasteiger partial charge in [-0.3, -0.25) is 19.3 Å². The second-order valence-corrected chi connectivity index (χ2v) is 3.91. The van der Waals surface area contributed by atoms with Crippen LogP contribution in [0, 0.1) is 11.3 Å². The van der Waals surface area contributed by atoms with Gasteiger partial charge >= 0.3 is 0 Å². The minimum atomic E-state index is -0.418. The van der Waals surface area contributed by atoms with Crippen molar-refractivity contribution in [3.8, 4) is 6.07 Å². The Bertz CT molecular complexity index is 372. The van der Waals surface area contributed by atoms with Crippen LogP contribution in [0.2, 0.25) is 0 Å². The number of carbonyl (C=O) groups excluding carboxylic acids is 3. The Kier molecular flexibility index (Phi) is 5.27. The van der Waals surface area contributed by atoms with E-state index >= 15 is 0 Å². The molecule has 1 rings (SSSR count). The van der Waals surface area contributed by atoms with Gasteiger partial charge in [-0.1, -0.05) is 0 Å².